The lowest BCUT2D eigenvalue weighted by Crippen LogP contribution is -2.28. The molecule has 0 fully saturated rings. The molecule has 9 heteroatoms. The summed E-state index contributed by atoms with van der Waals surface area (Å²) in [7, 11) is 3.12. The summed E-state index contributed by atoms with van der Waals surface area (Å²) in [6.07, 6.45) is 2.89. The fourth-order valence-corrected chi connectivity index (χ4v) is 4.14. The summed E-state index contributed by atoms with van der Waals surface area (Å²) < 4.78 is 17.8. The molecule has 4 aromatic rings. The van der Waals surface area contributed by atoms with E-state index in [-0.39, 0.29) is 22.6 Å². The molecule has 0 spiro atoms. The van der Waals surface area contributed by atoms with Crippen molar-refractivity contribution in [3.8, 4) is 17.2 Å². The van der Waals surface area contributed by atoms with Gasteiger partial charge in [-0.25, -0.2) is 0 Å². The highest BCUT2D eigenvalue weighted by atomic mass is 32.1. The molecule has 2 aromatic carbocycles. The number of rotatable bonds is 8. The van der Waals surface area contributed by atoms with Crippen molar-refractivity contribution in [3.05, 3.63) is 84.5 Å². The van der Waals surface area contributed by atoms with Gasteiger partial charge in [0.25, 0.3) is 11.1 Å². The van der Waals surface area contributed by atoms with Gasteiger partial charge in [0.2, 0.25) is 4.96 Å². The predicted molar refractivity (Wildman–Crippen MR) is 127 cm³/mol. The molecule has 0 saturated heterocycles. The van der Waals surface area contributed by atoms with E-state index >= 15 is 0 Å². The Morgan fingerprint density at radius 2 is 1.79 bits per heavy atom. The number of aromatic nitrogens is 3. The van der Waals surface area contributed by atoms with Crippen LogP contribution in [0.1, 0.15) is 30.2 Å². The van der Waals surface area contributed by atoms with Gasteiger partial charge in [0, 0.05) is 18.1 Å². The van der Waals surface area contributed by atoms with E-state index in [9.17, 15) is 9.59 Å². The largest absolute Gasteiger partial charge is 0.497 e. The molecule has 0 unspecified atom stereocenters. The van der Waals surface area contributed by atoms with E-state index in [2.05, 4.69) is 10.1 Å². The van der Waals surface area contributed by atoms with Crippen molar-refractivity contribution in [1.29, 1.82) is 0 Å². The quantitative estimate of drug-likeness (QED) is 0.395. The van der Waals surface area contributed by atoms with Crippen LogP contribution in [-0.2, 0) is 6.42 Å². The van der Waals surface area contributed by atoms with Crippen LogP contribution in [0.2, 0.25) is 0 Å². The molecule has 0 radical (unpaired) electrons. The number of hydrogen-bond donors (Lipinski definition) is 0. The third kappa shape index (κ3) is 4.88. The molecular formula is C24H23N3O5S. The molecule has 2 aromatic heterocycles. The van der Waals surface area contributed by atoms with Gasteiger partial charge in [-0.05, 0) is 42.3 Å². The summed E-state index contributed by atoms with van der Waals surface area (Å²) in [5, 5.41) is 4.31. The second-order valence-electron chi connectivity index (χ2n) is 7.25. The second-order valence-corrected chi connectivity index (χ2v) is 8.26. The van der Waals surface area contributed by atoms with Crippen molar-refractivity contribution in [3.63, 3.8) is 0 Å². The molecule has 0 aliphatic heterocycles. The number of thiazole rings is 1. The summed E-state index contributed by atoms with van der Waals surface area (Å²) in [5.74, 6) is 1.98. The lowest BCUT2D eigenvalue weighted by molar-refractivity contribution is 0.317. The lowest BCUT2D eigenvalue weighted by Gasteiger charge is -2.06. The first kappa shape index (κ1) is 22.5. The van der Waals surface area contributed by atoms with Gasteiger partial charge >= 0.3 is 0 Å². The molecule has 0 saturated carbocycles. The molecule has 0 amide bonds. The average Bonchev–Trinajstić information content (AvgIpc) is 3.13. The van der Waals surface area contributed by atoms with E-state index in [0.29, 0.717) is 28.2 Å². The Labute approximate surface area is 193 Å². The molecule has 4 rings (SSSR count). The van der Waals surface area contributed by atoms with E-state index < -0.39 is 5.56 Å². The molecule has 0 aliphatic carbocycles. The minimum atomic E-state index is -0.448. The topological polar surface area (TPSA) is 92.0 Å². The van der Waals surface area contributed by atoms with E-state index in [1.54, 1.807) is 38.5 Å². The normalized spacial score (nSPS) is 11.7. The van der Waals surface area contributed by atoms with Crippen LogP contribution in [0, 0.1) is 0 Å². The number of nitrogens with zero attached hydrogens (tertiary/aromatic N) is 3. The van der Waals surface area contributed by atoms with Gasteiger partial charge < -0.3 is 14.2 Å². The lowest BCUT2D eigenvalue weighted by atomic mass is 10.1. The van der Waals surface area contributed by atoms with Gasteiger partial charge in [-0.15, -0.1) is 0 Å². The Morgan fingerprint density at radius 1 is 1.03 bits per heavy atom. The third-order valence-electron chi connectivity index (χ3n) is 4.95. The molecule has 0 atom stereocenters. The number of ether oxygens (including phenoxy) is 3. The fraction of sp³-hybridized carbons (Fsp3) is 0.250. The highest BCUT2D eigenvalue weighted by Crippen LogP contribution is 2.25. The Balaban J connectivity index is 1.69. The summed E-state index contributed by atoms with van der Waals surface area (Å²) in [5.41, 5.74) is 0.998. The summed E-state index contributed by atoms with van der Waals surface area (Å²) in [6, 6.07) is 12.8. The van der Waals surface area contributed by atoms with E-state index in [4.69, 9.17) is 14.2 Å². The van der Waals surface area contributed by atoms with Crippen LogP contribution in [0.3, 0.4) is 0 Å². The van der Waals surface area contributed by atoms with Gasteiger partial charge in [-0.3, -0.25) is 9.59 Å². The van der Waals surface area contributed by atoms with Crippen LogP contribution >= 0.6 is 11.3 Å². The second kappa shape index (κ2) is 9.83. The Kier molecular flexibility index (Phi) is 6.69. The fourth-order valence-electron chi connectivity index (χ4n) is 3.25. The zero-order valence-corrected chi connectivity index (χ0v) is 19.3. The Hall–Kier alpha value is -3.72. The smallest absolute Gasteiger partial charge is 0.296 e. The van der Waals surface area contributed by atoms with Gasteiger partial charge in [0.1, 0.15) is 22.9 Å². The maximum atomic E-state index is 13.0. The molecule has 0 aliphatic rings. The van der Waals surface area contributed by atoms with Gasteiger partial charge in [0.05, 0.1) is 25.4 Å². The maximum Gasteiger partial charge on any atom is 0.296 e. The molecule has 33 heavy (non-hydrogen) atoms. The van der Waals surface area contributed by atoms with Crippen LogP contribution < -0.4 is 29.9 Å². The van der Waals surface area contributed by atoms with Crippen LogP contribution in [0.4, 0.5) is 0 Å². The summed E-state index contributed by atoms with van der Waals surface area (Å²) >= 11 is 1.10. The first-order valence-electron chi connectivity index (χ1n) is 10.4. The summed E-state index contributed by atoms with van der Waals surface area (Å²) in [6.45, 7) is 2.69. The van der Waals surface area contributed by atoms with Crippen LogP contribution in [0.25, 0.3) is 11.0 Å². The Morgan fingerprint density at radius 3 is 2.48 bits per heavy atom. The molecule has 2 heterocycles. The monoisotopic (exact) mass is 465 g/mol. The van der Waals surface area contributed by atoms with E-state index in [1.165, 1.54) is 4.52 Å². The van der Waals surface area contributed by atoms with Crippen molar-refractivity contribution in [2.24, 2.45) is 0 Å². The third-order valence-corrected chi connectivity index (χ3v) is 5.90. The number of fused-ring (bicyclic) bond motifs is 1. The Bertz CT molecular complexity index is 1440. The molecular weight excluding hydrogens is 442 g/mol. The van der Waals surface area contributed by atoms with Gasteiger partial charge in [-0.1, -0.05) is 30.4 Å². The van der Waals surface area contributed by atoms with Crippen molar-refractivity contribution in [1.82, 2.24) is 14.6 Å². The minimum absolute atomic E-state index is 0.207. The van der Waals surface area contributed by atoms with Crippen molar-refractivity contribution >= 4 is 22.4 Å². The number of methoxy groups -OCH3 is 2. The first-order chi connectivity index (χ1) is 16.0. The minimum Gasteiger partial charge on any atom is -0.497 e. The SMILES string of the molecule is CCCOc1ccc(Cc2nn3c(=O)/c(=C/c4ccc(OC)cc4OC)sc3nc2=O)cc1. The average molecular weight is 466 g/mol. The zero-order valence-electron chi connectivity index (χ0n) is 18.5. The van der Waals surface area contributed by atoms with Crippen LogP contribution in [0.5, 0.6) is 17.2 Å². The standard InChI is InChI=1S/C24H23N3O5S/c1-4-11-32-17-8-5-15(6-9-17)12-19-22(28)25-24-27(26-19)23(29)21(33-24)13-16-7-10-18(30-2)14-20(16)31-3/h5-10,13-14H,4,11-12H2,1-3H3/b21-13-. The molecule has 0 N–H and O–H groups in total. The first-order valence-corrected chi connectivity index (χ1v) is 11.2. The highest BCUT2D eigenvalue weighted by Gasteiger charge is 2.13. The van der Waals surface area contributed by atoms with Crippen LogP contribution in [0.15, 0.2) is 52.1 Å². The van der Waals surface area contributed by atoms with Gasteiger partial charge in [0.15, 0.2) is 0 Å². The van der Waals surface area contributed by atoms with Crippen molar-refractivity contribution in [2.75, 3.05) is 20.8 Å². The van der Waals surface area contributed by atoms with Crippen molar-refractivity contribution in [2.45, 2.75) is 19.8 Å². The molecule has 170 valence electrons. The maximum absolute atomic E-state index is 13.0. The predicted octanol–water partition coefficient (Wildman–Crippen LogP) is 2.46. The number of benzene rings is 2. The van der Waals surface area contributed by atoms with Gasteiger partial charge in [-0.2, -0.15) is 14.6 Å². The van der Waals surface area contributed by atoms with Crippen molar-refractivity contribution < 1.29 is 14.2 Å². The van der Waals surface area contributed by atoms with Crippen LogP contribution in [-0.4, -0.2) is 35.4 Å². The highest BCUT2D eigenvalue weighted by molar-refractivity contribution is 7.15. The summed E-state index contributed by atoms with van der Waals surface area (Å²) in [4.78, 5) is 29.9. The molecule has 0 bridgehead atoms. The molecule has 8 nitrogen and oxygen atoms in total. The van der Waals surface area contributed by atoms with E-state index in [0.717, 1.165) is 29.1 Å². The zero-order chi connectivity index (χ0) is 23.4. The van der Waals surface area contributed by atoms with E-state index in [1.807, 2.05) is 31.2 Å². The number of hydrogen-bond acceptors (Lipinski definition) is 8.